The first-order valence-electron chi connectivity index (χ1n) is 4.60. The molecule has 5 heteroatoms. The summed E-state index contributed by atoms with van der Waals surface area (Å²) >= 11 is 3.43. The van der Waals surface area contributed by atoms with Gasteiger partial charge in [-0.3, -0.25) is 4.68 Å². The Balaban J connectivity index is 0.00000128. The molecule has 0 saturated heterocycles. The van der Waals surface area contributed by atoms with E-state index in [1.165, 1.54) is 0 Å². The molecule has 0 unspecified atom stereocenters. The molecule has 0 radical (unpaired) electrons. The highest BCUT2D eigenvalue weighted by Crippen LogP contribution is 2.23. The van der Waals surface area contributed by atoms with E-state index in [-0.39, 0.29) is 19.0 Å². The Labute approximate surface area is 109 Å². The van der Waals surface area contributed by atoms with Crippen LogP contribution in [0, 0.1) is 0 Å². The molecule has 0 aliphatic heterocycles. The molecule has 1 N–H and O–H groups in total. The van der Waals surface area contributed by atoms with Crippen LogP contribution in [0.3, 0.4) is 0 Å². The molecule has 1 aromatic heterocycles. The minimum absolute atomic E-state index is 0. The fraction of sp³-hybridized carbons (Fsp3) is 0.182. The molecule has 0 fully saturated rings. The number of hydrogen-bond acceptors (Lipinski definition) is 2. The molecule has 0 aliphatic carbocycles. The number of aromatic nitrogens is 2. The predicted molar refractivity (Wildman–Crippen MR) is 69.5 cm³/mol. The number of hydrogen-bond donors (Lipinski definition) is 1. The van der Waals surface area contributed by atoms with Crippen LogP contribution in [0.25, 0.3) is 11.3 Å². The van der Waals surface area contributed by atoms with Gasteiger partial charge in [-0.2, -0.15) is 5.10 Å². The van der Waals surface area contributed by atoms with E-state index in [1.54, 1.807) is 4.68 Å². The van der Waals surface area contributed by atoms with Gasteiger partial charge in [0.2, 0.25) is 0 Å². The van der Waals surface area contributed by atoms with Crippen molar-refractivity contribution in [3.05, 3.63) is 40.5 Å². The SMILES string of the molecule is Cl.Cn1nc(CO)cc1-c1cccc(Br)c1. The van der Waals surface area contributed by atoms with Gasteiger partial charge in [0, 0.05) is 17.1 Å². The average molecular weight is 304 g/mol. The number of benzene rings is 1. The summed E-state index contributed by atoms with van der Waals surface area (Å²) < 4.78 is 2.81. The first kappa shape index (κ1) is 13.2. The Morgan fingerprint density at radius 1 is 1.38 bits per heavy atom. The zero-order chi connectivity index (χ0) is 10.8. The quantitative estimate of drug-likeness (QED) is 0.926. The van der Waals surface area contributed by atoms with Gasteiger partial charge in [-0.25, -0.2) is 0 Å². The van der Waals surface area contributed by atoms with E-state index in [1.807, 2.05) is 37.4 Å². The van der Waals surface area contributed by atoms with E-state index < -0.39 is 0 Å². The Morgan fingerprint density at radius 2 is 2.12 bits per heavy atom. The van der Waals surface area contributed by atoms with Crippen LogP contribution in [0.15, 0.2) is 34.8 Å². The molecule has 0 amide bonds. The van der Waals surface area contributed by atoms with Crippen molar-refractivity contribution < 1.29 is 5.11 Å². The largest absolute Gasteiger partial charge is 0.390 e. The second kappa shape index (κ2) is 5.48. The molecule has 86 valence electrons. The summed E-state index contributed by atoms with van der Waals surface area (Å²) in [5, 5.41) is 13.2. The van der Waals surface area contributed by atoms with Crippen molar-refractivity contribution >= 4 is 28.3 Å². The molecule has 3 nitrogen and oxygen atoms in total. The van der Waals surface area contributed by atoms with Crippen LogP contribution in [0.2, 0.25) is 0 Å². The first-order chi connectivity index (χ1) is 7.20. The summed E-state index contributed by atoms with van der Waals surface area (Å²) in [6.45, 7) is -0.0259. The Morgan fingerprint density at radius 3 is 2.69 bits per heavy atom. The number of aryl methyl sites for hydroxylation is 1. The molecule has 2 rings (SSSR count). The molecule has 0 saturated carbocycles. The highest BCUT2D eigenvalue weighted by Gasteiger charge is 2.06. The number of halogens is 2. The zero-order valence-corrected chi connectivity index (χ0v) is 11.1. The van der Waals surface area contributed by atoms with Crippen molar-refractivity contribution in [2.24, 2.45) is 7.05 Å². The van der Waals surface area contributed by atoms with Crippen molar-refractivity contribution in [3.8, 4) is 11.3 Å². The second-order valence-electron chi connectivity index (χ2n) is 3.31. The molecular formula is C11H12BrClN2O. The third kappa shape index (κ3) is 2.64. The predicted octanol–water partition coefficient (Wildman–Crippen LogP) is 2.76. The molecule has 0 bridgehead atoms. The third-order valence-corrected chi connectivity index (χ3v) is 2.71. The number of aliphatic hydroxyl groups excluding tert-OH is 1. The first-order valence-corrected chi connectivity index (χ1v) is 5.39. The van der Waals surface area contributed by atoms with Gasteiger partial charge in [-0.05, 0) is 18.2 Å². The summed E-state index contributed by atoms with van der Waals surface area (Å²) in [5.41, 5.74) is 2.77. The Hall–Kier alpha value is -0.840. The molecule has 0 atom stereocenters. The summed E-state index contributed by atoms with van der Waals surface area (Å²) in [6, 6.07) is 9.89. The van der Waals surface area contributed by atoms with Crippen molar-refractivity contribution in [2.75, 3.05) is 0 Å². The number of nitrogens with zero attached hydrogens (tertiary/aromatic N) is 2. The van der Waals surface area contributed by atoms with E-state index in [0.29, 0.717) is 5.69 Å². The summed E-state index contributed by atoms with van der Waals surface area (Å²) in [5.74, 6) is 0. The van der Waals surface area contributed by atoms with E-state index in [0.717, 1.165) is 15.7 Å². The van der Waals surface area contributed by atoms with Gasteiger partial charge in [0.15, 0.2) is 0 Å². The molecule has 16 heavy (non-hydrogen) atoms. The lowest BCUT2D eigenvalue weighted by atomic mass is 10.1. The fourth-order valence-electron chi connectivity index (χ4n) is 1.52. The monoisotopic (exact) mass is 302 g/mol. The molecule has 0 aliphatic rings. The second-order valence-corrected chi connectivity index (χ2v) is 4.23. The van der Waals surface area contributed by atoms with Crippen LogP contribution in [0.1, 0.15) is 5.69 Å². The zero-order valence-electron chi connectivity index (χ0n) is 8.72. The standard InChI is InChI=1S/C11H11BrN2O.ClH/c1-14-11(6-10(7-15)13-14)8-3-2-4-9(12)5-8;/h2-6,15H,7H2,1H3;1H. The Kier molecular flexibility index (Phi) is 4.53. The van der Waals surface area contributed by atoms with Crippen molar-refractivity contribution in [2.45, 2.75) is 6.61 Å². The van der Waals surface area contributed by atoms with E-state index in [2.05, 4.69) is 21.0 Å². The fourth-order valence-corrected chi connectivity index (χ4v) is 1.92. The smallest absolute Gasteiger partial charge is 0.0885 e. The number of rotatable bonds is 2. The van der Waals surface area contributed by atoms with Crippen LogP contribution < -0.4 is 0 Å². The normalized spacial score (nSPS) is 9.94. The van der Waals surface area contributed by atoms with Crippen molar-refractivity contribution in [1.82, 2.24) is 9.78 Å². The van der Waals surface area contributed by atoms with Crippen molar-refractivity contribution in [3.63, 3.8) is 0 Å². The van der Waals surface area contributed by atoms with E-state index in [9.17, 15) is 0 Å². The van der Waals surface area contributed by atoms with Crippen LogP contribution in [-0.2, 0) is 13.7 Å². The van der Waals surface area contributed by atoms with Crippen molar-refractivity contribution in [1.29, 1.82) is 0 Å². The topological polar surface area (TPSA) is 38.0 Å². The summed E-state index contributed by atoms with van der Waals surface area (Å²) in [7, 11) is 1.87. The van der Waals surface area contributed by atoms with Gasteiger partial charge in [-0.1, -0.05) is 28.1 Å². The average Bonchev–Trinajstić information content (AvgIpc) is 2.60. The van der Waals surface area contributed by atoms with Gasteiger partial charge in [0.25, 0.3) is 0 Å². The maximum absolute atomic E-state index is 8.99. The maximum atomic E-state index is 8.99. The molecule has 1 heterocycles. The van der Waals surface area contributed by atoms with Gasteiger partial charge in [0.05, 0.1) is 18.0 Å². The lowest BCUT2D eigenvalue weighted by Gasteiger charge is -2.01. The third-order valence-electron chi connectivity index (χ3n) is 2.21. The molecule has 1 aromatic carbocycles. The molecule has 0 spiro atoms. The molecular weight excluding hydrogens is 291 g/mol. The van der Waals surface area contributed by atoms with E-state index in [4.69, 9.17) is 5.11 Å². The summed E-state index contributed by atoms with van der Waals surface area (Å²) in [4.78, 5) is 0. The minimum atomic E-state index is -0.0259. The number of aliphatic hydroxyl groups is 1. The van der Waals surface area contributed by atoms with Gasteiger partial charge in [-0.15, -0.1) is 12.4 Å². The van der Waals surface area contributed by atoms with Crippen LogP contribution in [0.4, 0.5) is 0 Å². The maximum Gasteiger partial charge on any atom is 0.0885 e. The van der Waals surface area contributed by atoms with Gasteiger partial charge < -0.3 is 5.11 Å². The molecule has 2 aromatic rings. The highest BCUT2D eigenvalue weighted by atomic mass is 79.9. The van der Waals surface area contributed by atoms with Crippen LogP contribution in [-0.4, -0.2) is 14.9 Å². The lowest BCUT2D eigenvalue weighted by Crippen LogP contribution is -1.94. The van der Waals surface area contributed by atoms with Crippen LogP contribution in [0.5, 0.6) is 0 Å². The van der Waals surface area contributed by atoms with Crippen LogP contribution >= 0.6 is 28.3 Å². The van der Waals surface area contributed by atoms with Gasteiger partial charge in [0.1, 0.15) is 0 Å². The van der Waals surface area contributed by atoms with E-state index >= 15 is 0 Å². The highest BCUT2D eigenvalue weighted by molar-refractivity contribution is 9.10. The Bertz CT molecular complexity index is 485. The van der Waals surface area contributed by atoms with Gasteiger partial charge >= 0.3 is 0 Å². The summed E-state index contributed by atoms with van der Waals surface area (Å²) in [6.07, 6.45) is 0. The minimum Gasteiger partial charge on any atom is -0.390 e. The lowest BCUT2D eigenvalue weighted by molar-refractivity contribution is 0.275.